The first-order valence-corrected chi connectivity index (χ1v) is 8.33. The lowest BCUT2D eigenvalue weighted by Crippen LogP contribution is -2.24. The maximum atomic E-state index is 12.1. The summed E-state index contributed by atoms with van der Waals surface area (Å²) in [6, 6.07) is 13.0. The zero-order valence-electron chi connectivity index (χ0n) is 14.3. The van der Waals surface area contributed by atoms with Crippen molar-refractivity contribution in [2.24, 2.45) is 0 Å². The topological polar surface area (TPSA) is 66.5 Å². The van der Waals surface area contributed by atoms with Gasteiger partial charge in [-0.15, -0.1) is 0 Å². The molecule has 3 amide bonds. The Morgan fingerprint density at radius 3 is 2.28 bits per heavy atom. The van der Waals surface area contributed by atoms with Crippen molar-refractivity contribution in [2.75, 3.05) is 12.4 Å². The highest BCUT2D eigenvalue weighted by Crippen LogP contribution is 2.24. The van der Waals surface area contributed by atoms with Gasteiger partial charge in [-0.2, -0.15) is 0 Å². The molecule has 5 nitrogen and oxygen atoms in total. The maximum absolute atomic E-state index is 12.1. The second kappa shape index (κ2) is 6.89. The van der Waals surface area contributed by atoms with Crippen molar-refractivity contribution < 1.29 is 14.4 Å². The molecule has 0 radical (unpaired) electrons. The van der Waals surface area contributed by atoms with E-state index in [0.717, 1.165) is 16.9 Å². The Morgan fingerprint density at radius 2 is 1.60 bits per heavy atom. The first kappa shape index (κ1) is 16.9. The number of carbonyl (C=O) groups is 3. The largest absolute Gasteiger partial charge is 0.326 e. The standard InChI is InChI=1S/C20H20N2O3/c1-3-13-4-6-14(7-5-13)8-11-18(23)21-15-9-10-16-17(12-15)20(25)22(2)19(16)24/h4-7,9-10,12H,3,8,11H2,1-2H3,(H,21,23). The van der Waals surface area contributed by atoms with Gasteiger partial charge in [0.25, 0.3) is 11.8 Å². The number of hydrogen-bond donors (Lipinski definition) is 1. The third-order valence-corrected chi connectivity index (χ3v) is 4.45. The molecule has 1 N–H and O–H groups in total. The molecule has 2 aromatic rings. The molecule has 25 heavy (non-hydrogen) atoms. The minimum absolute atomic E-state index is 0.121. The number of amides is 3. The van der Waals surface area contributed by atoms with Crippen LogP contribution in [0.4, 0.5) is 5.69 Å². The van der Waals surface area contributed by atoms with Crippen molar-refractivity contribution in [1.29, 1.82) is 0 Å². The number of nitrogens with zero attached hydrogens (tertiary/aromatic N) is 1. The van der Waals surface area contributed by atoms with Crippen molar-refractivity contribution in [3.05, 3.63) is 64.7 Å². The minimum atomic E-state index is -0.341. The van der Waals surface area contributed by atoms with Gasteiger partial charge in [-0.3, -0.25) is 19.3 Å². The fraction of sp³-hybridized carbons (Fsp3) is 0.250. The van der Waals surface area contributed by atoms with Crippen LogP contribution in [0.15, 0.2) is 42.5 Å². The molecule has 0 fully saturated rings. The van der Waals surface area contributed by atoms with Gasteiger partial charge in [-0.25, -0.2) is 0 Å². The monoisotopic (exact) mass is 336 g/mol. The quantitative estimate of drug-likeness (QED) is 0.854. The number of carbonyl (C=O) groups excluding carboxylic acids is 3. The molecule has 0 spiro atoms. The number of aryl methyl sites for hydroxylation is 2. The van der Waals surface area contributed by atoms with Crippen LogP contribution in [0.2, 0.25) is 0 Å². The molecule has 3 rings (SSSR count). The summed E-state index contributed by atoms with van der Waals surface area (Å²) in [6.07, 6.45) is 2.01. The van der Waals surface area contributed by atoms with E-state index >= 15 is 0 Å². The Labute approximate surface area is 146 Å². The predicted octanol–water partition coefficient (Wildman–Crippen LogP) is 3.05. The predicted molar refractivity (Wildman–Crippen MR) is 95.6 cm³/mol. The fourth-order valence-electron chi connectivity index (χ4n) is 2.86. The Bertz CT molecular complexity index is 841. The summed E-state index contributed by atoms with van der Waals surface area (Å²) in [5, 5.41) is 2.79. The first-order valence-electron chi connectivity index (χ1n) is 8.33. The van der Waals surface area contributed by atoms with E-state index in [1.165, 1.54) is 12.6 Å². The van der Waals surface area contributed by atoms with Crippen molar-refractivity contribution >= 4 is 23.4 Å². The van der Waals surface area contributed by atoms with Gasteiger partial charge in [0.05, 0.1) is 11.1 Å². The van der Waals surface area contributed by atoms with Gasteiger partial charge in [0, 0.05) is 19.2 Å². The third-order valence-electron chi connectivity index (χ3n) is 4.45. The molecule has 0 unspecified atom stereocenters. The molecule has 1 aliphatic rings. The molecule has 128 valence electrons. The zero-order valence-corrected chi connectivity index (χ0v) is 14.3. The highest BCUT2D eigenvalue weighted by Gasteiger charge is 2.32. The van der Waals surface area contributed by atoms with Crippen molar-refractivity contribution in [3.8, 4) is 0 Å². The molecular weight excluding hydrogens is 316 g/mol. The van der Waals surface area contributed by atoms with Gasteiger partial charge < -0.3 is 5.32 Å². The van der Waals surface area contributed by atoms with Crippen molar-refractivity contribution in [1.82, 2.24) is 4.90 Å². The van der Waals surface area contributed by atoms with Crippen LogP contribution >= 0.6 is 0 Å². The van der Waals surface area contributed by atoms with E-state index in [4.69, 9.17) is 0 Å². The first-order chi connectivity index (χ1) is 12.0. The molecule has 0 bridgehead atoms. The van der Waals surface area contributed by atoms with Gasteiger partial charge >= 0.3 is 0 Å². The Hall–Kier alpha value is -2.95. The summed E-state index contributed by atoms with van der Waals surface area (Å²) in [5.41, 5.74) is 3.63. The van der Waals surface area contributed by atoms with Gasteiger partial charge in [-0.1, -0.05) is 31.2 Å². The van der Waals surface area contributed by atoms with Crippen LogP contribution in [0.1, 0.15) is 45.2 Å². The Morgan fingerprint density at radius 1 is 0.960 bits per heavy atom. The van der Waals surface area contributed by atoms with E-state index < -0.39 is 0 Å². The minimum Gasteiger partial charge on any atom is -0.326 e. The summed E-state index contributed by atoms with van der Waals surface area (Å²) in [7, 11) is 1.45. The van der Waals surface area contributed by atoms with Gasteiger partial charge in [0.2, 0.25) is 5.91 Å². The fourth-order valence-corrected chi connectivity index (χ4v) is 2.86. The van der Waals surface area contributed by atoms with Crippen molar-refractivity contribution in [2.45, 2.75) is 26.2 Å². The maximum Gasteiger partial charge on any atom is 0.261 e. The van der Waals surface area contributed by atoms with Gasteiger partial charge in [-0.05, 0) is 42.2 Å². The number of benzene rings is 2. The normalized spacial score (nSPS) is 13.1. The van der Waals surface area contributed by atoms with Crippen LogP contribution in [0.25, 0.3) is 0 Å². The Kier molecular flexibility index (Phi) is 4.65. The van der Waals surface area contributed by atoms with Crippen LogP contribution in [0.5, 0.6) is 0 Å². The Balaban J connectivity index is 1.62. The molecule has 1 heterocycles. The zero-order chi connectivity index (χ0) is 18.0. The third kappa shape index (κ3) is 3.45. The molecule has 1 aliphatic heterocycles. The van der Waals surface area contributed by atoms with E-state index in [0.29, 0.717) is 29.7 Å². The van der Waals surface area contributed by atoms with Crippen LogP contribution in [0.3, 0.4) is 0 Å². The second-order valence-electron chi connectivity index (χ2n) is 6.15. The van der Waals surface area contributed by atoms with E-state index in [1.807, 2.05) is 12.1 Å². The smallest absolute Gasteiger partial charge is 0.261 e. The molecule has 0 atom stereocenters. The molecule has 0 saturated carbocycles. The lowest BCUT2D eigenvalue weighted by molar-refractivity contribution is -0.116. The van der Waals surface area contributed by atoms with Gasteiger partial charge in [0.15, 0.2) is 0 Å². The summed E-state index contributed by atoms with van der Waals surface area (Å²) >= 11 is 0. The summed E-state index contributed by atoms with van der Waals surface area (Å²) in [6.45, 7) is 2.11. The molecule has 5 heteroatoms. The van der Waals surface area contributed by atoms with Crippen LogP contribution < -0.4 is 5.32 Å². The average molecular weight is 336 g/mol. The van der Waals surface area contributed by atoms with Crippen molar-refractivity contribution in [3.63, 3.8) is 0 Å². The summed E-state index contributed by atoms with van der Waals surface area (Å²) < 4.78 is 0. The summed E-state index contributed by atoms with van der Waals surface area (Å²) in [5.74, 6) is -0.773. The number of imide groups is 1. The van der Waals surface area contributed by atoms with Crippen LogP contribution in [-0.4, -0.2) is 29.7 Å². The SMILES string of the molecule is CCc1ccc(CCC(=O)Nc2ccc3c(c2)C(=O)N(C)C3=O)cc1. The molecule has 0 aromatic heterocycles. The van der Waals surface area contributed by atoms with E-state index in [2.05, 4.69) is 24.4 Å². The molecular formula is C20H20N2O3. The number of fused-ring (bicyclic) bond motifs is 1. The average Bonchev–Trinajstić information content (AvgIpc) is 2.84. The molecule has 0 aliphatic carbocycles. The van der Waals surface area contributed by atoms with Crippen LogP contribution in [-0.2, 0) is 17.6 Å². The van der Waals surface area contributed by atoms with E-state index in [-0.39, 0.29) is 17.7 Å². The molecule has 0 saturated heterocycles. The van der Waals surface area contributed by atoms with E-state index in [1.54, 1.807) is 18.2 Å². The number of rotatable bonds is 5. The van der Waals surface area contributed by atoms with E-state index in [9.17, 15) is 14.4 Å². The second-order valence-corrected chi connectivity index (χ2v) is 6.15. The lowest BCUT2D eigenvalue weighted by atomic mass is 10.1. The lowest BCUT2D eigenvalue weighted by Gasteiger charge is -2.07. The highest BCUT2D eigenvalue weighted by atomic mass is 16.2. The summed E-state index contributed by atoms with van der Waals surface area (Å²) in [4.78, 5) is 37.1. The van der Waals surface area contributed by atoms with Crippen LogP contribution in [0, 0.1) is 0 Å². The number of nitrogens with one attached hydrogen (secondary N) is 1. The number of anilines is 1. The molecule has 2 aromatic carbocycles. The number of hydrogen-bond acceptors (Lipinski definition) is 3. The highest BCUT2D eigenvalue weighted by molar-refractivity contribution is 6.21. The van der Waals surface area contributed by atoms with Gasteiger partial charge in [0.1, 0.15) is 0 Å².